The highest BCUT2D eigenvalue weighted by atomic mass is 16.3. The van der Waals surface area contributed by atoms with Gasteiger partial charge >= 0.3 is 0 Å². The lowest BCUT2D eigenvalue weighted by molar-refractivity contribution is -0.205. The first-order chi connectivity index (χ1) is 22.5. The summed E-state index contributed by atoms with van der Waals surface area (Å²) < 4.78 is 0. The van der Waals surface area contributed by atoms with E-state index in [-0.39, 0.29) is 24.2 Å². The number of aromatic hydroxyl groups is 1. The van der Waals surface area contributed by atoms with E-state index in [9.17, 15) is 34.2 Å². The quantitative estimate of drug-likeness (QED) is 0.291. The van der Waals surface area contributed by atoms with Gasteiger partial charge in [0.05, 0.1) is 11.5 Å². The van der Waals surface area contributed by atoms with Crippen LogP contribution in [0.4, 0.5) is 0 Å². The summed E-state index contributed by atoms with van der Waals surface area (Å²) in [7, 11) is 0. The first kappa shape index (κ1) is 33.7. The number of hydrogen-bond acceptors (Lipinski definition) is 7. The average molecular weight is 649 g/mol. The zero-order valence-electron chi connectivity index (χ0n) is 28.6. The molecule has 0 aliphatic heterocycles. The van der Waals surface area contributed by atoms with E-state index in [0.29, 0.717) is 5.56 Å². The second kappa shape index (κ2) is 11.7. The second-order valence-corrected chi connectivity index (χ2v) is 15.4. The standard InChI is InChI=1S/C41H44O7/c1-22(2)33-35(44)31(24(4)42)37(46)41(48)38(47)34-36(45)32-29(20-39(34,5)21-40(33,41)6)28(17-18-30(32)43)27-15-13-25(14-16-27)10-8-12-26-11-7-9-23(3)19-26/h7,9,11,13-19,22,31,33-34,43,48H,8,10,12,20-21H2,1-6H3/t31?,33?,34?,39-,40-,41+/m1/s1. The predicted molar refractivity (Wildman–Crippen MR) is 182 cm³/mol. The van der Waals surface area contributed by atoms with Gasteiger partial charge in [-0.25, -0.2) is 0 Å². The Labute approximate surface area is 281 Å². The number of phenols is 1. The van der Waals surface area contributed by atoms with Crippen LogP contribution in [0.2, 0.25) is 0 Å². The minimum absolute atomic E-state index is 0.0145. The van der Waals surface area contributed by atoms with Gasteiger partial charge in [0.1, 0.15) is 17.5 Å². The SMILES string of the molecule is CC(=O)C1C(=O)C(C(C)C)[C@@]2(C)C[C@@]3(C)Cc4c(-c5ccc(CCCc6cccc(C)c6)cc5)ccc(O)c4C(=O)C3C(=O)[C@@]2(O)C1=O. The third-order valence-electron chi connectivity index (χ3n) is 11.5. The van der Waals surface area contributed by atoms with Gasteiger partial charge in [-0.2, -0.15) is 0 Å². The zero-order chi connectivity index (χ0) is 34.9. The number of benzene rings is 3. The minimum Gasteiger partial charge on any atom is -0.507 e. The largest absolute Gasteiger partial charge is 0.507 e. The van der Waals surface area contributed by atoms with Gasteiger partial charge in [0, 0.05) is 11.3 Å². The number of Topliss-reactive ketones (excluding diaryl/α,β-unsaturated/α-hetero) is 5. The van der Waals surface area contributed by atoms with Crippen LogP contribution in [0.15, 0.2) is 60.7 Å². The molecule has 6 rings (SSSR count). The summed E-state index contributed by atoms with van der Waals surface area (Å²) in [5.74, 6) is -8.90. The van der Waals surface area contributed by atoms with Gasteiger partial charge in [0.25, 0.3) is 0 Å². The van der Waals surface area contributed by atoms with Crippen molar-refractivity contribution in [2.45, 2.75) is 79.2 Å². The molecule has 0 aromatic heterocycles. The number of aryl methyl sites for hydroxylation is 3. The summed E-state index contributed by atoms with van der Waals surface area (Å²) in [5.41, 5.74) is 0.660. The molecule has 0 bridgehead atoms. The van der Waals surface area contributed by atoms with Crippen LogP contribution in [0.5, 0.6) is 5.75 Å². The Kier molecular flexibility index (Phi) is 8.22. The Morgan fingerprint density at radius 3 is 2.21 bits per heavy atom. The van der Waals surface area contributed by atoms with E-state index in [0.717, 1.165) is 37.3 Å². The first-order valence-electron chi connectivity index (χ1n) is 16.9. The van der Waals surface area contributed by atoms with Crippen LogP contribution in [0.3, 0.4) is 0 Å². The molecule has 6 atom stereocenters. The molecule has 250 valence electrons. The molecule has 48 heavy (non-hydrogen) atoms. The van der Waals surface area contributed by atoms with Crippen molar-refractivity contribution in [1.82, 2.24) is 0 Å². The van der Waals surface area contributed by atoms with Gasteiger partial charge in [-0.05, 0) is 91.2 Å². The molecule has 2 fully saturated rings. The molecule has 2 saturated carbocycles. The highest BCUT2D eigenvalue weighted by Gasteiger charge is 2.76. The molecule has 3 unspecified atom stereocenters. The van der Waals surface area contributed by atoms with Crippen LogP contribution in [0.1, 0.15) is 80.1 Å². The molecule has 7 heteroatoms. The Hall–Kier alpha value is -4.23. The van der Waals surface area contributed by atoms with E-state index in [1.807, 2.05) is 12.1 Å². The van der Waals surface area contributed by atoms with Crippen molar-refractivity contribution in [3.05, 3.63) is 88.5 Å². The molecule has 3 aromatic carbocycles. The smallest absolute Gasteiger partial charge is 0.190 e. The van der Waals surface area contributed by atoms with Crippen LogP contribution < -0.4 is 0 Å². The van der Waals surface area contributed by atoms with Crippen molar-refractivity contribution >= 4 is 28.9 Å². The van der Waals surface area contributed by atoms with Crippen molar-refractivity contribution in [1.29, 1.82) is 0 Å². The molecule has 2 N–H and O–H groups in total. The van der Waals surface area contributed by atoms with E-state index in [1.165, 1.54) is 22.8 Å². The molecule has 7 nitrogen and oxygen atoms in total. The fraction of sp³-hybridized carbons (Fsp3) is 0.439. The van der Waals surface area contributed by atoms with Gasteiger partial charge < -0.3 is 10.2 Å². The number of rotatable bonds is 7. The van der Waals surface area contributed by atoms with Gasteiger partial charge in [-0.1, -0.05) is 87.9 Å². The minimum atomic E-state index is -2.70. The lowest BCUT2D eigenvalue weighted by Gasteiger charge is -2.61. The van der Waals surface area contributed by atoms with Gasteiger partial charge in [0.15, 0.2) is 28.7 Å². The van der Waals surface area contributed by atoms with Crippen molar-refractivity contribution < 1.29 is 34.2 Å². The summed E-state index contributed by atoms with van der Waals surface area (Å²) in [6, 6.07) is 19.9. The Bertz CT molecular complexity index is 1870. The summed E-state index contributed by atoms with van der Waals surface area (Å²) in [6.45, 7) is 10.2. The van der Waals surface area contributed by atoms with E-state index >= 15 is 0 Å². The summed E-state index contributed by atoms with van der Waals surface area (Å²) in [4.78, 5) is 69.1. The van der Waals surface area contributed by atoms with Crippen LogP contribution in [0, 0.1) is 41.4 Å². The Morgan fingerprint density at radius 2 is 1.58 bits per heavy atom. The number of ketones is 5. The topological polar surface area (TPSA) is 126 Å². The number of aliphatic hydroxyl groups is 1. The molecule has 3 aliphatic carbocycles. The fourth-order valence-corrected chi connectivity index (χ4v) is 9.62. The maximum atomic E-state index is 14.5. The molecule has 0 amide bonds. The highest BCUT2D eigenvalue weighted by molar-refractivity contribution is 6.32. The molecule has 0 spiro atoms. The maximum Gasteiger partial charge on any atom is 0.190 e. The van der Waals surface area contributed by atoms with Crippen molar-refractivity contribution in [3.8, 4) is 16.9 Å². The van der Waals surface area contributed by atoms with Gasteiger partial charge in [-0.15, -0.1) is 0 Å². The number of carbonyl (C=O) groups is 5. The van der Waals surface area contributed by atoms with E-state index in [1.54, 1.807) is 33.8 Å². The van der Waals surface area contributed by atoms with Crippen LogP contribution in [-0.2, 0) is 38.4 Å². The molecule has 0 saturated heterocycles. The van der Waals surface area contributed by atoms with Crippen LogP contribution >= 0.6 is 0 Å². The Morgan fingerprint density at radius 1 is 0.917 bits per heavy atom. The normalized spacial score (nSPS) is 29.8. The van der Waals surface area contributed by atoms with E-state index in [4.69, 9.17) is 0 Å². The third kappa shape index (κ3) is 4.92. The summed E-state index contributed by atoms with van der Waals surface area (Å²) in [6.07, 6.45) is 3.12. The Balaban J connectivity index is 1.37. The maximum absolute atomic E-state index is 14.5. The zero-order valence-corrected chi connectivity index (χ0v) is 28.6. The monoisotopic (exact) mass is 648 g/mol. The third-order valence-corrected chi connectivity index (χ3v) is 11.5. The average Bonchev–Trinajstić information content (AvgIpc) is 2.99. The summed E-state index contributed by atoms with van der Waals surface area (Å²) >= 11 is 0. The summed E-state index contributed by atoms with van der Waals surface area (Å²) in [5, 5.41) is 23.2. The number of fused-ring (bicyclic) bond motifs is 3. The molecule has 0 heterocycles. The van der Waals surface area contributed by atoms with E-state index < -0.39 is 69.0 Å². The van der Waals surface area contributed by atoms with Crippen molar-refractivity contribution in [2.24, 2.45) is 34.5 Å². The van der Waals surface area contributed by atoms with Crippen LogP contribution in [-0.4, -0.2) is 44.7 Å². The number of hydrogen-bond donors (Lipinski definition) is 2. The van der Waals surface area contributed by atoms with Gasteiger partial charge in [-0.3, -0.25) is 24.0 Å². The lowest BCUT2D eigenvalue weighted by Crippen LogP contribution is -2.76. The number of carbonyl (C=O) groups excluding carboxylic acids is 5. The molecule has 3 aliphatic rings. The van der Waals surface area contributed by atoms with Gasteiger partial charge in [0.2, 0.25) is 0 Å². The molecule has 3 aromatic rings. The molecule has 0 radical (unpaired) electrons. The molecular formula is C41H44O7. The molecular weight excluding hydrogens is 604 g/mol. The van der Waals surface area contributed by atoms with Crippen molar-refractivity contribution in [3.63, 3.8) is 0 Å². The van der Waals surface area contributed by atoms with Crippen LogP contribution in [0.25, 0.3) is 11.1 Å². The van der Waals surface area contributed by atoms with Crippen molar-refractivity contribution in [2.75, 3.05) is 0 Å². The second-order valence-electron chi connectivity index (χ2n) is 15.4. The highest BCUT2D eigenvalue weighted by Crippen LogP contribution is 2.64. The van der Waals surface area contributed by atoms with E-state index in [2.05, 4.69) is 43.3 Å². The fourth-order valence-electron chi connectivity index (χ4n) is 9.62. The number of phenolic OH excluding ortho intramolecular Hbond substituents is 1. The first-order valence-corrected chi connectivity index (χ1v) is 16.9. The predicted octanol–water partition coefficient (Wildman–Crippen LogP) is 6.24. The lowest BCUT2D eigenvalue weighted by atomic mass is 9.40.